The first kappa shape index (κ1) is 17.3. The van der Waals surface area contributed by atoms with Crippen molar-refractivity contribution in [2.45, 2.75) is 13.0 Å². The summed E-state index contributed by atoms with van der Waals surface area (Å²) in [4.78, 5) is 11.8. The van der Waals surface area contributed by atoms with Gasteiger partial charge in [-0.3, -0.25) is 0 Å². The zero-order valence-electron chi connectivity index (χ0n) is 13.0. The summed E-state index contributed by atoms with van der Waals surface area (Å²) in [6, 6.07) is 7.14. The first-order valence-electron chi connectivity index (χ1n) is 7.54. The van der Waals surface area contributed by atoms with Crippen LogP contribution in [-0.2, 0) is 16.4 Å². The standard InChI is InChI=1S/C16H22N2O4S/c1-2-8-22-15-6-4-3-5-14(15)11-18-16(19)17-10-13-7-9-23(20,21)12-13/h2-6,13H,1,7-12H2,(H2,17,18,19)/t13-/m1/s1. The lowest BCUT2D eigenvalue weighted by Crippen LogP contribution is -2.38. The SMILES string of the molecule is C=CCOc1ccccc1CNC(=O)NC[C@H]1CCS(=O)(=O)C1. The van der Waals surface area contributed by atoms with Gasteiger partial charge >= 0.3 is 6.03 Å². The molecule has 1 saturated heterocycles. The summed E-state index contributed by atoms with van der Waals surface area (Å²) in [5, 5.41) is 5.48. The summed E-state index contributed by atoms with van der Waals surface area (Å²) in [5.74, 6) is 1.09. The maximum atomic E-state index is 11.8. The van der Waals surface area contributed by atoms with Crippen LogP contribution in [0.15, 0.2) is 36.9 Å². The van der Waals surface area contributed by atoms with Crippen molar-refractivity contribution in [1.82, 2.24) is 10.6 Å². The summed E-state index contributed by atoms with van der Waals surface area (Å²) < 4.78 is 28.3. The van der Waals surface area contributed by atoms with Gasteiger partial charge in [-0.2, -0.15) is 0 Å². The predicted octanol–water partition coefficient (Wildman–Crippen LogP) is 1.49. The molecular weight excluding hydrogens is 316 g/mol. The van der Waals surface area contributed by atoms with Crippen LogP contribution in [0.4, 0.5) is 4.79 Å². The normalized spacial score (nSPS) is 19.0. The van der Waals surface area contributed by atoms with Crippen LogP contribution in [0.2, 0.25) is 0 Å². The molecule has 0 spiro atoms. The highest BCUT2D eigenvalue weighted by Gasteiger charge is 2.27. The lowest BCUT2D eigenvalue weighted by Gasteiger charge is -2.13. The van der Waals surface area contributed by atoms with Crippen LogP contribution in [-0.4, -0.2) is 39.1 Å². The third-order valence-electron chi connectivity index (χ3n) is 3.65. The molecule has 1 atom stereocenters. The summed E-state index contributed by atoms with van der Waals surface area (Å²) >= 11 is 0. The van der Waals surface area contributed by atoms with Crippen LogP contribution in [0.5, 0.6) is 5.75 Å². The summed E-state index contributed by atoms with van der Waals surface area (Å²) in [5.41, 5.74) is 0.868. The smallest absolute Gasteiger partial charge is 0.315 e. The number of rotatable bonds is 7. The number of para-hydroxylation sites is 1. The molecule has 2 amide bonds. The Labute approximate surface area is 136 Å². The molecule has 2 N–H and O–H groups in total. The van der Waals surface area contributed by atoms with Crippen LogP contribution in [0.3, 0.4) is 0 Å². The number of hydrogen-bond acceptors (Lipinski definition) is 4. The highest BCUT2D eigenvalue weighted by Crippen LogP contribution is 2.18. The number of ether oxygens (including phenoxy) is 1. The molecule has 2 rings (SSSR count). The van der Waals surface area contributed by atoms with Crippen molar-refractivity contribution in [2.24, 2.45) is 5.92 Å². The minimum absolute atomic E-state index is 0.00830. The molecule has 1 aliphatic rings. The van der Waals surface area contributed by atoms with E-state index in [2.05, 4.69) is 17.2 Å². The monoisotopic (exact) mass is 338 g/mol. The van der Waals surface area contributed by atoms with Gasteiger partial charge in [-0.05, 0) is 18.4 Å². The fourth-order valence-electron chi connectivity index (χ4n) is 2.45. The fourth-order valence-corrected chi connectivity index (χ4v) is 4.31. The van der Waals surface area contributed by atoms with Gasteiger partial charge in [-0.1, -0.05) is 30.9 Å². The molecule has 6 nitrogen and oxygen atoms in total. The third kappa shape index (κ3) is 5.59. The lowest BCUT2D eigenvalue weighted by molar-refractivity contribution is 0.239. The van der Waals surface area contributed by atoms with Gasteiger partial charge in [0, 0.05) is 18.7 Å². The highest BCUT2D eigenvalue weighted by atomic mass is 32.2. The Balaban J connectivity index is 1.77. The molecule has 23 heavy (non-hydrogen) atoms. The van der Waals surface area contributed by atoms with Crippen LogP contribution in [0.1, 0.15) is 12.0 Å². The van der Waals surface area contributed by atoms with Gasteiger partial charge in [0.2, 0.25) is 0 Å². The maximum Gasteiger partial charge on any atom is 0.315 e. The second-order valence-corrected chi connectivity index (χ2v) is 7.77. The molecule has 1 fully saturated rings. The maximum absolute atomic E-state index is 11.8. The van der Waals surface area contributed by atoms with Gasteiger partial charge in [0.15, 0.2) is 9.84 Å². The van der Waals surface area contributed by atoms with Crippen molar-refractivity contribution in [3.05, 3.63) is 42.5 Å². The van der Waals surface area contributed by atoms with Crippen molar-refractivity contribution in [3.63, 3.8) is 0 Å². The molecule has 0 saturated carbocycles. The van der Waals surface area contributed by atoms with Gasteiger partial charge in [0.1, 0.15) is 12.4 Å². The molecule has 126 valence electrons. The average Bonchev–Trinajstić information content (AvgIpc) is 2.89. The molecule has 7 heteroatoms. The second-order valence-electron chi connectivity index (χ2n) is 5.54. The molecule has 1 aromatic rings. The number of urea groups is 1. The molecule has 0 unspecified atom stereocenters. The number of nitrogens with one attached hydrogen (secondary N) is 2. The molecular formula is C16H22N2O4S. The van der Waals surface area contributed by atoms with Crippen LogP contribution < -0.4 is 15.4 Å². The Hall–Kier alpha value is -2.02. The first-order chi connectivity index (χ1) is 11.0. The largest absolute Gasteiger partial charge is 0.489 e. The Morgan fingerprint density at radius 2 is 2.13 bits per heavy atom. The van der Waals surface area contributed by atoms with E-state index in [9.17, 15) is 13.2 Å². The molecule has 0 radical (unpaired) electrons. The van der Waals surface area contributed by atoms with Crippen molar-refractivity contribution in [2.75, 3.05) is 24.7 Å². The van der Waals surface area contributed by atoms with Crippen molar-refractivity contribution < 1.29 is 17.9 Å². The lowest BCUT2D eigenvalue weighted by atomic mass is 10.1. The van der Waals surface area contributed by atoms with E-state index >= 15 is 0 Å². The van der Waals surface area contributed by atoms with Gasteiger partial charge in [-0.15, -0.1) is 0 Å². The van der Waals surface area contributed by atoms with Crippen LogP contribution >= 0.6 is 0 Å². The zero-order valence-corrected chi connectivity index (χ0v) is 13.8. The van der Waals surface area contributed by atoms with Crippen molar-refractivity contribution in [1.29, 1.82) is 0 Å². The fraction of sp³-hybridized carbons (Fsp3) is 0.438. The molecule has 1 aliphatic heterocycles. The van der Waals surface area contributed by atoms with E-state index in [1.807, 2.05) is 24.3 Å². The Kier molecular flexibility index (Phi) is 6.04. The van der Waals surface area contributed by atoms with E-state index in [1.54, 1.807) is 6.08 Å². The topological polar surface area (TPSA) is 84.5 Å². The van der Waals surface area contributed by atoms with Crippen LogP contribution in [0, 0.1) is 5.92 Å². The number of hydrogen-bond donors (Lipinski definition) is 2. The highest BCUT2D eigenvalue weighted by molar-refractivity contribution is 7.91. The number of benzene rings is 1. The van der Waals surface area contributed by atoms with E-state index in [1.165, 1.54) is 0 Å². The number of carbonyl (C=O) groups excluding carboxylic acids is 1. The Bertz CT molecular complexity index is 658. The molecule has 0 aromatic heterocycles. The van der Waals surface area contributed by atoms with E-state index in [0.717, 1.165) is 5.56 Å². The van der Waals surface area contributed by atoms with Gasteiger partial charge in [0.25, 0.3) is 0 Å². The van der Waals surface area contributed by atoms with Crippen molar-refractivity contribution >= 4 is 15.9 Å². The number of amides is 2. The van der Waals surface area contributed by atoms with Crippen LogP contribution in [0.25, 0.3) is 0 Å². The molecule has 1 heterocycles. The summed E-state index contributed by atoms with van der Waals surface area (Å²) in [6.45, 7) is 4.72. The quantitative estimate of drug-likeness (QED) is 0.738. The Morgan fingerprint density at radius 1 is 1.35 bits per heavy atom. The average molecular weight is 338 g/mol. The Morgan fingerprint density at radius 3 is 2.83 bits per heavy atom. The number of sulfone groups is 1. The van der Waals surface area contributed by atoms with E-state index < -0.39 is 9.84 Å². The number of carbonyl (C=O) groups is 1. The van der Waals surface area contributed by atoms with E-state index in [0.29, 0.717) is 31.9 Å². The van der Waals surface area contributed by atoms with E-state index in [-0.39, 0.29) is 23.5 Å². The van der Waals surface area contributed by atoms with Gasteiger partial charge in [0.05, 0.1) is 11.5 Å². The van der Waals surface area contributed by atoms with Crippen molar-refractivity contribution in [3.8, 4) is 5.75 Å². The minimum Gasteiger partial charge on any atom is -0.489 e. The zero-order chi connectivity index (χ0) is 16.7. The van der Waals surface area contributed by atoms with Gasteiger partial charge < -0.3 is 15.4 Å². The van der Waals surface area contributed by atoms with E-state index in [4.69, 9.17) is 4.74 Å². The minimum atomic E-state index is -2.91. The predicted molar refractivity (Wildman–Crippen MR) is 89.1 cm³/mol. The summed E-state index contributed by atoms with van der Waals surface area (Å²) in [7, 11) is -2.91. The third-order valence-corrected chi connectivity index (χ3v) is 5.48. The molecule has 0 aliphatic carbocycles. The second kappa shape index (κ2) is 8.01. The molecule has 0 bridgehead atoms. The summed E-state index contributed by atoms with van der Waals surface area (Å²) in [6.07, 6.45) is 2.27. The molecule has 1 aromatic carbocycles. The van der Waals surface area contributed by atoms with Gasteiger partial charge in [-0.25, -0.2) is 13.2 Å². The first-order valence-corrected chi connectivity index (χ1v) is 9.36.